The van der Waals surface area contributed by atoms with E-state index in [0.717, 1.165) is 5.69 Å². The minimum absolute atomic E-state index is 0.0163. The molecule has 0 bridgehead atoms. The standard InChI is InChI=1S/C10H16N2O3/c1-6-10(15-7(2)11-6)8(12(3)4)5-9(13)14/h8H,5H2,1-4H3,(H,13,14). The molecule has 84 valence electrons. The first-order valence-corrected chi connectivity index (χ1v) is 4.74. The van der Waals surface area contributed by atoms with Crippen LogP contribution in [0.5, 0.6) is 0 Å². The molecule has 15 heavy (non-hydrogen) atoms. The Morgan fingerprint density at radius 2 is 2.13 bits per heavy atom. The normalized spacial score (nSPS) is 13.1. The minimum Gasteiger partial charge on any atom is -0.481 e. The fraction of sp³-hybridized carbons (Fsp3) is 0.600. The molecular weight excluding hydrogens is 196 g/mol. The third-order valence-corrected chi connectivity index (χ3v) is 2.23. The minimum atomic E-state index is -0.845. The van der Waals surface area contributed by atoms with Gasteiger partial charge < -0.3 is 9.52 Å². The Labute approximate surface area is 88.7 Å². The van der Waals surface area contributed by atoms with E-state index in [0.29, 0.717) is 11.7 Å². The summed E-state index contributed by atoms with van der Waals surface area (Å²) in [5, 5.41) is 8.80. The highest BCUT2D eigenvalue weighted by Gasteiger charge is 2.24. The number of hydrogen-bond donors (Lipinski definition) is 1. The van der Waals surface area contributed by atoms with Crippen LogP contribution < -0.4 is 0 Å². The van der Waals surface area contributed by atoms with Gasteiger partial charge in [-0.1, -0.05) is 0 Å². The average molecular weight is 212 g/mol. The number of aromatic nitrogens is 1. The SMILES string of the molecule is Cc1nc(C)c(C(CC(=O)O)N(C)C)o1. The van der Waals surface area contributed by atoms with Crippen LogP contribution in [0.1, 0.15) is 29.8 Å². The molecule has 1 N–H and O–H groups in total. The molecular formula is C10H16N2O3. The summed E-state index contributed by atoms with van der Waals surface area (Å²) in [6.07, 6.45) is 0.0163. The van der Waals surface area contributed by atoms with Gasteiger partial charge in [0, 0.05) is 6.92 Å². The molecule has 0 amide bonds. The molecule has 1 rings (SSSR count). The molecule has 0 aromatic carbocycles. The molecule has 0 fully saturated rings. The molecule has 1 atom stereocenters. The van der Waals surface area contributed by atoms with Crippen LogP contribution >= 0.6 is 0 Å². The van der Waals surface area contributed by atoms with Crippen LogP contribution in [0.15, 0.2) is 4.42 Å². The summed E-state index contributed by atoms with van der Waals surface area (Å²) in [5.74, 6) is 0.363. The quantitative estimate of drug-likeness (QED) is 0.816. The number of aryl methyl sites for hydroxylation is 2. The third kappa shape index (κ3) is 2.79. The van der Waals surface area contributed by atoms with Crippen LogP contribution in [0.3, 0.4) is 0 Å². The van der Waals surface area contributed by atoms with Crippen LogP contribution in [0.2, 0.25) is 0 Å². The predicted octanol–water partition coefficient (Wildman–Crippen LogP) is 1.37. The zero-order chi connectivity index (χ0) is 11.6. The highest BCUT2D eigenvalue weighted by Crippen LogP contribution is 2.25. The molecule has 0 aliphatic heterocycles. The Balaban J connectivity index is 2.98. The molecule has 5 nitrogen and oxygen atoms in total. The maximum Gasteiger partial charge on any atom is 0.305 e. The highest BCUT2D eigenvalue weighted by molar-refractivity contribution is 5.67. The number of carboxylic acid groups (broad SMARTS) is 1. The molecule has 0 saturated carbocycles. The predicted molar refractivity (Wildman–Crippen MR) is 54.7 cm³/mol. The molecule has 0 saturated heterocycles. The van der Waals surface area contributed by atoms with Gasteiger partial charge in [-0.25, -0.2) is 4.98 Å². The van der Waals surface area contributed by atoms with Crippen molar-refractivity contribution in [2.75, 3.05) is 14.1 Å². The lowest BCUT2D eigenvalue weighted by Crippen LogP contribution is -2.23. The Bertz CT molecular complexity index is 358. The summed E-state index contributed by atoms with van der Waals surface area (Å²) < 4.78 is 5.42. The Kier molecular flexibility index (Phi) is 3.47. The van der Waals surface area contributed by atoms with E-state index in [2.05, 4.69) is 4.98 Å². The van der Waals surface area contributed by atoms with E-state index in [4.69, 9.17) is 9.52 Å². The summed E-state index contributed by atoms with van der Waals surface area (Å²) in [4.78, 5) is 16.7. The molecule has 1 aromatic heterocycles. The number of nitrogens with zero attached hydrogens (tertiary/aromatic N) is 2. The topological polar surface area (TPSA) is 66.6 Å². The van der Waals surface area contributed by atoms with Crippen LogP contribution in [0.25, 0.3) is 0 Å². The lowest BCUT2D eigenvalue weighted by molar-refractivity contribution is -0.138. The average Bonchev–Trinajstić information content (AvgIpc) is 2.40. The monoisotopic (exact) mass is 212 g/mol. The van der Waals surface area contributed by atoms with Gasteiger partial charge in [-0.3, -0.25) is 9.69 Å². The van der Waals surface area contributed by atoms with E-state index in [1.807, 2.05) is 25.9 Å². The van der Waals surface area contributed by atoms with Crippen LogP contribution in [0.4, 0.5) is 0 Å². The zero-order valence-electron chi connectivity index (χ0n) is 9.44. The first-order chi connectivity index (χ1) is 6.91. The van der Waals surface area contributed by atoms with E-state index >= 15 is 0 Å². The third-order valence-electron chi connectivity index (χ3n) is 2.23. The van der Waals surface area contributed by atoms with Crippen molar-refractivity contribution in [3.63, 3.8) is 0 Å². The maximum absolute atomic E-state index is 10.7. The number of carbonyl (C=O) groups is 1. The highest BCUT2D eigenvalue weighted by atomic mass is 16.4. The van der Waals surface area contributed by atoms with Crippen molar-refractivity contribution in [3.8, 4) is 0 Å². The molecule has 1 aromatic rings. The first-order valence-electron chi connectivity index (χ1n) is 4.74. The summed E-state index contributed by atoms with van der Waals surface area (Å²) >= 11 is 0. The molecule has 1 unspecified atom stereocenters. The van der Waals surface area contributed by atoms with E-state index < -0.39 is 5.97 Å². The zero-order valence-corrected chi connectivity index (χ0v) is 9.44. The Hall–Kier alpha value is -1.36. The van der Waals surface area contributed by atoms with Crippen molar-refractivity contribution in [1.29, 1.82) is 0 Å². The molecule has 1 heterocycles. The molecule has 0 aliphatic rings. The van der Waals surface area contributed by atoms with Crippen molar-refractivity contribution >= 4 is 5.97 Å². The molecule has 0 radical (unpaired) electrons. The van der Waals surface area contributed by atoms with Crippen LogP contribution in [-0.2, 0) is 4.79 Å². The lowest BCUT2D eigenvalue weighted by Gasteiger charge is -2.20. The summed E-state index contributed by atoms with van der Waals surface area (Å²) in [5.41, 5.74) is 0.757. The number of oxazole rings is 1. The second-order valence-electron chi connectivity index (χ2n) is 3.76. The summed E-state index contributed by atoms with van der Waals surface area (Å²) in [6, 6.07) is -0.260. The fourth-order valence-electron chi connectivity index (χ4n) is 1.53. The number of carboxylic acids is 1. The number of rotatable bonds is 4. The summed E-state index contributed by atoms with van der Waals surface area (Å²) in [6.45, 7) is 3.58. The van der Waals surface area contributed by atoms with Crippen molar-refractivity contribution < 1.29 is 14.3 Å². The van der Waals surface area contributed by atoms with Crippen molar-refractivity contribution in [1.82, 2.24) is 9.88 Å². The lowest BCUT2D eigenvalue weighted by atomic mass is 10.1. The van der Waals surface area contributed by atoms with Gasteiger partial charge in [-0.15, -0.1) is 0 Å². The Morgan fingerprint density at radius 3 is 2.47 bits per heavy atom. The van der Waals surface area contributed by atoms with Gasteiger partial charge >= 0.3 is 5.97 Å². The largest absolute Gasteiger partial charge is 0.481 e. The second kappa shape index (κ2) is 4.44. The first kappa shape index (κ1) is 11.7. The Morgan fingerprint density at radius 1 is 1.53 bits per heavy atom. The van der Waals surface area contributed by atoms with E-state index in [9.17, 15) is 4.79 Å². The maximum atomic E-state index is 10.7. The van der Waals surface area contributed by atoms with Gasteiger partial charge in [0.15, 0.2) is 5.89 Å². The van der Waals surface area contributed by atoms with Gasteiger partial charge in [0.25, 0.3) is 0 Å². The number of aliphatic carboxylic acids is 1. The van der Waals surface area contributed by atoms with Crippen molar-refractivity contribution in [3.05, 3.63) is 17.3 Å². The van der Waals surface area contributed by atoms with Gasteiger partial charge in [0.05, 0.1) is 18.2 Å². The summed E-state index contributed by atoms with van der Waals surface area (Å²) in [7, 11) is 3.65. The van der Waals surface area contributed by atoms with Crippen LogP contribution in [-0.4, -0.2) is 35.1 Å². The van der Waals surface area contributed by atoms with Crippen LogP contribution in [0, 0.1) is 13.8 Å². The second-order valence-corrected chi connectivity index (χ2v) is 3.76. The fourth-order valence-corrected chi connectivity index (χ4v) is 1.53. The van der Waals surface area contributed by atoms with E-state index in [-0.39, 0.29) is 12.5 Å². The van der Waals surface area contributed by atoms with Gasteiger partial charge in [-0.05, 0) is 21.0 Å². The van der Waals surface area contributed by atoms with Gasteiger partial charge in [-0.2, -0.15) is 0 Å². The number of hydrogen-bond acceptors (Lipinski definition) is 4. The smallest absolute Gasteiger partial charge is 0.305 e. The molecule has 0 aliphatic carbocycles. The van der Waals surface area contributed by atoms with Crippen molar-refractivity contribution in [2.24, 2.45) is 0 Å². The van der Waals surface area contributed by atoms with Gasteiger partial charge in [0.2, 0.25) is 0 Å². The molecule has 5 heteroatoms. The molecule has 0 spiro atoms. The van der Waals surface area contributed by atoms with Gasteiger partial charge in [0.1, 0.15) is 5.76 Å². The van der Waals surface area contributed by atoms with E-state index in [1.54, 1.807) is 6.92 Å². The van der Waals surface area contributed by atoms with E-state index in [1.165, 1.54) is 0 Å². The van der Waals surface area contributed by atoms with Crippen molar-refractivity contribution in [2.45, 2.75) is 26.3 Å².